The molecule has 1 aromatic heterocycles. The van der Waals surface area contributed by atoms with Crippen molar-refractivity contribution in [1.29, 1.82) is 0 Å². The molecule has 0 spiro atoms. The standard InChI is InChI=1S/C19H29N3O3S/c1-13-17(26-12-20-13)11-21(2)9-14-7-8-22(10-14)18(23)15-3-5-16(6-4-15)19(24)25/h12,14-16H,3-11H2,1-2H3,(H,24,25). The zero-order valence-electron chi connectivity index (χ0n) is 15.7. The van der Waals surface area contributed by atoms with Crippen LogP contribution in [0.3, 0.4) is 0 Å². The van der Waals surface area contributed by atoms with Gasteiger partial charge in [0, 0.05) is 37.0 Å². The van der Waals surface area contributed by atoms with Crippen LogP contribution >= 0.6 is 11.3 Å². The normalized spacial score (nSPS) is 26.4. The number of aliphatic carboxylic acids is 1. The van der Waals surface area contributed by atoms with Crippen molar-refractivity contribution in [2.45, 2.75) is 45.6 Å². The van der Waals surface area contributed by atoms with Gasteiger partial charge in [-0.1, -0.05) is 0 Å². The van der Waals surface area contributed by atoms with Gasteiger partial charge in [0.15, 0.2) is 0 Å². The summed E-state index contributed by atoms with van der Waals surface area (Å²) in [6, 6.07) is 0. The Morgan fingerprint density at radius 2 is 1.96 bits per heavy atom. The molecule has 1 aliphatic heterocycles. The number of carbonyl (C=O) groups excluding carboxylic acids is 1. The lowest BCUT2D eigenvalue weighted by Gasteiger charge is -2.29. The largest absolute Gasteiger partial charge is 0.481 e. The SMILES string of the molecule is Cc1ncsc1CN(C)CC1CCN(C(=O)C2CCC(C(=O)O)CC2)C1. The molecule has 7 heteroatoms. The van der Waals surface area contributed by atoms with E-state index in [0.717, 1.165) is 51.1 Å². The summed E-state index contributed by atoms with van der Waals surface area (Å²) >= 11 is 1.70. The molecule has 6 nitrogen and oxygen atoms in total. The van der Waals surface area contributed by atoms with E-state index >= 15 is 0 Å². The number of carboxylic acids is 1. The van der Waals surface area contributed by atoms with Crippen LogP contribution in [0.1, 0.15) is 42.7 Å². The molecule has 1 saturated heterocycles. The van der Waals surface area contributed by atoms with Crippen molar-refractivity contribution in [3.8, 4) is 0 Å². The summed E-state index contributed by atoms with van der Waals surface area (Å²) in [6.07, 6.45) is 3.78. The van der Waals surface area contributed by atoms with Crippen LogP contribution in [-0.2, 0) is 16.1 Å². The fourth-order valence-corrected chi connectivity index (χ4v) is 5.11. The van der Waals surface area contributed by atoms with E-state index in [2.05, 4.69) is 23.9 Å². The van der Waals surface area contributed by atoms with Gasteiger partial charge in [-0.2, -0.15) is 0 Å². The van der Waals surface area contributed by atoms with Crippen LogP contribution < -0.4 is 0 Å². The Bertz CT molecular complexity index is 640. The maximum Gasteiger partial charge on any atom is 0.306 e. The Balaban J connectivity index is 1.44. The molecular formula is C19H29N3O3S. The molecule has 0 radical (unpaired) electrons. The predicted molar refractivity (Wildman–Crippen MR) is 101 cm³/mol. The second-order valence-electron chi connectivity index (χ2n) is 7.88. The van der Waals surface area contributed by atoms with Crippen LogP contribution in [0.5, 0.6) is 0 Å². The van der Waals surface area contributed by atoms with E-state index in [1.54, 1.807) is 11.3 Å². The van der Waals surface area contributed by atoms with E-state index < -0.39 is 5.97 Å². The minimum absolute atomic E-state index is 0.0296. The molecule has 1 N–H and O–H groups in total. The number of amides is 1. The molecule has 0 bridgehead atoms. The Hall–Kier alpha value is -1.47. The summed E-state index contributed by atoms with van der Waals surface area (Å²) in [7, 11) is 2.14. The van der Waals surface area contributed by atoms with Crippen molar-refractivity contribution in [2.75, 3.05) is 26.7 Å². The number of nitrogens with zero attached hydrogens (tertiary/aromatic N) is 3. The highest BCUT2D eigenvalue weighted by Crippen LogP contribution is 2.31. The van der Waals surface area contributed by atoms with Gasteiger partial charge in [-0.15, -0.1) is 11.3 Å². The number of carboxylic acid groups (broad SMARTS) is 1. The number of aryl methyl sites for hydroxylation is 1. The molecule has 1 atom stereocenters. The van der Waals surface area contributed by atoms with Gasteiger partial charge in [0.1, 0.15) is 0 Å². The first-order valence-electron chi connectivity index (χ1n) is 9.53. The minimum Gasteiger partial charge on any atom is -0.481 e. The number of thiazole rings is 1. The number of hydrogen-bond acceptors (Lipinski definition) is 5. The molecule has 1 amide bonds. The molecule has 1 saturated carbocycles. The fourth-order valence-electron chi connectivity index (χ4n) is 4.26. The van der Waals surface area contributed by atoms with E-state index in [-0.39, 0.29) is 17.7 Å². The van der Waals surface area contributed by atoms with Crippen LogP contribution in [0.15, 0.2) is 5.51 Å². The third kappa shape index (κ3) is 4.62. The highest BCUT2D eigenvalue weighted by atomic mass is 32.1. The van der Waals surface area contributed by atoms with E-state index in [9.17, 15) is 9.59 Å². The molecule has 2 aliphatic rings. The monoisotopic (exact) mass is 379 g/mol. The molecule has 0 aromatic carbocycles. The quantitative estimate of drug-likeness (QED) is 0.822. The molecule has 144 valence electrons. The van der Waals surface area contributed by atoms with E-state index in [4.69, 9.17) is 5.11 Å². The van der Waals surface area contributed by atoms with Crippen molar-refractivity contribution < 1.29 is 14.7 Å². The smallest absolute Gasteiger partial charge is 0.306 e. The van der Waals surface area contributed by atoms with Crippen LogP contribution in [0.2, 0.25) is 0 Å². The topological polar surface area (TPSA) is 73.7 Å². The average molecular weight is 380 g/mol. The second kappa shape index (κ2) is 8.48. The van der Waals surface area contributed by atoms with E-state index in [1.807, 2.05) is 10.4 Å². The van der Waals surface area contributed by atoms with E-state index in [1.165, 1.54) is 4.88 Å². The van der Waals surface area contributed by atoms with Gasteiger partial charge in [0.25, 0.3) is 0 Å². The summed E-state index contributed by atoms with van der Waals surface area (Å²) in [5, 5.41) is 9.10. The number of carbonyl (C=O) groups is 2. The first-order valence-corrected chi connectivity index (χ1v) is 10.4. The summed E-state index contributed by atoms with van der Waals surface area (Å²) in [4.78, 5) is 33.8. The number of aromatic nitrogens is 1. The van der Waals surface area contributed by atoms with Crippen LogP contribution in [0, 0.1) is 24.7 Å². The molecule has 2 fully saturated rings. The first-order chi connectivity index (χ1) is 12.4. The maximum absolute atomic E-state index is 12.8. The molecule has 1 aliphatic carbocycles. The van der Waals surface area contributed by atoms with Gasteiger partial charge >= 0.3 is 5.97 Å². The van der Waals surface area contributed by atoms with Gasteiger partial charge in [-0.05, 0) is 52.0 Å². The zero-order valence-corrected chi connectivity index (χ0v) is 16.5. The number of likely N-dealkylation sites (tertiary alicyclic amines) is 1. The van der Waals surface area contributed by atoms with Gasteiger partial charge < -0.3 is 14.9 Å². The average Bonchev–Trinajstić information content (AvgIpc) is 3.24. The van der Waals surface area contributed by atoms with Gasteiger partial charge in [-0.25, -0.2) is 4.98 Å². The Kier molecular flexibility index (Phi) is 6.29. The Labute approximate surface area is 159 Å². The van der Waals surface area contributed by atoms with Crippen molar-refractivity contribution in [3.05, 3.63) is 16.1 Å². The van der Waals surface area contributed by atoms with Gasteiger partial charge in [-0.3, -0.25) is 9.59 Å². The maximum atomic E-state index is 12.8. The van der Waals surface area contributed by atoms with Crippen LogP contribution in [0.4, 0.5) is 0 Å². The lowest BCUT2D eigenvalue weighted by atomic mass is 9.81. The van der Waals surface area contributed by atoms with E-state index in [0.29, 0.717) is 18.8 Å². The third-order valence-corrected chi connectivity index (χ3v) is 6.77. The van der Waals surface area contributed by atoms with Gasteiger partial charge in [0.2, 0.25) is 5.91 Å². The third-order valence-electron chi connectivity index (χ3n) is 5.85. The molecule has 1 aromatic rings. The van der Waals surface area contributed by atoms with Crippen molar-refractivity contribution in [2.24, 2.45) is 17.8 Å². The lowest BCUT2D eigenvalue weighted by Crippen LogP contribution is -2.37. The first kappa shape index (κ1) is 19.3. The number of rotatable bonds is 6. The molecule has 26 heavy (non-hydrogen) atoms. The minimum atomic E-state index is -0.712. The summed E-state index contributed by atoms with van der Waals surface area (Å²) in [5.74, 6) is -0.169. The summed E-state index contributed by atoms with van der Waals surface area (Å²) in [5.41, 5.74) is 3.01. The molecule has 3 rings (SSSR count). The van der Waals surface area contributed by atoms with Crippen LogP contribution in [0.25, 0.3) is 0 Å². The molecular weight excluding hydrogens is 350 g/mol. The molecule has 1 unspecified atom stereocenters. The van der Waals surface area contributed by atoms with Crippen molar-refractivity contribution >= 4 is 23.2 Å². The highest BCUT2D eigenvalue weighted by Gasteiger charge is 2.35. The highest BCUT2D eigenvalue weighted by molar-refractivity contribution is 7.09. The Morgan fingerprint density at radius 1 is 1.27 bits per heavy atom. The second-order valence-corrected chi connectivity index (χ2v) is 8.82. The van der Waals surface area contributed by atoms with Gasteiger partial charge in [0.05, 0.1) is 17.1 Å². The van der Waals surface area contributed by atoms with Crippen LogP contribution in [-0.4, -0.2) is 58.4 Å². The Morgan fingerprint density at radius 3 is 2.58 bits per heavy atom. The van der Waals surface area contributed by atoms with Crippen molar-refractivity contribution in [1.82, 2.24) is 14.8 Å². The fraction of sp³-hybridized carbons (Fsp3) is 0.737. The summed E-state index contributed by atoms with van der Waals surface area (Å²) < 4.78 is 0. The predicted octanol–water partition coefficient (Wildman–Crippen LogP) is 2.62. The number of hydrogen-bond donors (Lipinski definition) is 1. The zero-order chi connectivity index (χ0) is 18.7. The summed E-state index contributed by atoms with van der Waals surface area (Å²) in [6.45, 7) is 5.64. The lowest BCUT2D eigenvalue weighted by molar-refractivity contribution is -0.145. The molecule has 2 heterocycles. The van der Waals surface area contributed by atoms with Crippen molar-refractivity contribution in [3.63, 3.8) is 0 Å².